The number of carbonyl (C=O) groups is 3. The first kappa shape index (κ1) is 28.3. The van der Waals surface area contributed by atoms with Gasteiger partial charge in [-0.05, 0) is 62.7 Å². The molecule has 2 atom stereocenters. The Morgan fingerprint density at radius 2 is 1.65 bits per heavy atom. The predicted molar refractivity (Wildman–Crippen MR) is 147 cm³/mol. The highest BCUT2D eigenvalue weighted by Crippen LogP contribution is 2.65. The van der Waals surface area contributed by atoms with Crippen LogP contribution >= 0.6 is 58.0 Å². The first-order valence-electron chi connectivity index (χ1n) is 11.6. The number of halogens is 5. The molecule has 2 fully saturated rings. The van der Waals surface area contributed by atoms with E-state index in [9.17, 15) is 14.4 Å². The zero-order valence-electron chi connectivity index (χ0n) is 20.3. The zero-order valence-corrected chi connectivity index (χ0v) is 24.1. The fraction of sp³-hybridized carbons (Fsp3) is 0.423. The van der Waals surface area contributed by atoms with Crippen molar-refractivity contribution in [1.82, 2.24) is 4.90 Å². The summed E-state index contributed by atoms with van der Waals surface area (Å²) in [5.74, 6) is -1.82. The van der Waals surface area contributed by atoms with Crippen molar-refractivity contribution in [1.29, 1.82) is 0 Å². The van der Waals surface area contributed by atoms with Crippen LogP contribution in [0, 0.1) is 11.8 Å². The smallest absolute Gasteiger partial charge is 0.410 e. The van der Waals surface area contributed by atoms with Gasteiger partial charge in [-0.1, -0.05) is 34.8 Å². The molecule has 1 aliphatic carbocycles. The van der Waals surface area contributed by atoms with Crippen LogP contribution in [0.25, 0.3) is 0 Å². The third kappa shape index (κ3) is 6.48. The van der Waals surface area contributed by atoms with Gasteiger partial charge in [0.1, 0.15) is 9.93 Å². The Labute approximate surface area is 240 Å². The number of hydrogen-bond acceptors (Lipinski definition) is 4. The van der Waals surface area contributed by atoms with Gasteiger partial charge < -0.3 is 15.0 Å². The molecular weight excluding hydrogens is 582 g/mol. The predicted octanol–water partition coefficient (Wildman–Crippen LogP) is 7.61. The monoisotopic (exact) mass is 604 g/mol. The van der Waals surface area contributed by atoms with E-state index < -0.39 is 33.8 Å². The van der Waals surface area contributed by atoms with Gasteiger partial charge in [-0.15, -0.1) is 23.2 Å². The molecule has 4 rings (SSSR count). The van der Waals surface area contributed by atoms with E-state index >= 15 is 0 Å². The second-order valence-corrected chi connectivity index (χ2v) is 13.1. The summed E-state index contributed by atoms with van der Waals surface area (Å²) in [6.45, 7) is 6.26. The Morgan fingerprint density at radius 3 is 2.24 bits per heavy atom. The van der Waals surface area contributed by atoms with E-state index in [1.165, 1.54) is 6.07 Å². The van der Waals surface area contributed by atoms with Crippen molar-refractivity contribution >= 4 is 81.5 Å². The van der Waals surface area contributed by atoms with Crippen molar-refractivity contribution in [3.05, 3.63) is 62.6 Å². The van der Waals surface area contributed by atoms with E-state index in [1.54, 1.807) is 56.0 Å². The minimum Gasteiger partial charge on any atom is -0.444 e. The number of nitrogens with one attached hydrogen (secondary N) is 1. The largest absolute Gasteiger partial charge is 0.444 e. The Bertz CT molecular complexity index is 1230. The average Bonchev–Trinajstić information content (AvgIpc) is 3.31. The number of anilines is 1. The Kier molecular flexibility index (Phi) is 8.00. The Morgan fingerprint density at radius 1 is 1.03 bits per heavy atom. The summed E-state index contributed by atoms with van der Waals surface area (Å²) >= 11 is 31.3. The van der Waals surface area contributed by atoms with Crippen LogP contribution in [-0.4, -0.2) is 45.7 Å². The number of rotatable bonds is 6. The van der Waals surface area contributed by atoms with Crippen molar-refractivity contribution in [2.75, 3.05) is 18.4 Å². The van der Waals surface area contributed by atoms with E-state index in [-0.39, 0.29) is 28.7 Å². The van der Waals surface area contributed by atoms with Crippen molar-refractivity contribution in [3.63, 3.8) is 0 Å². The maximum atomic E-state index is 13.0. The van der Waals surface area contributed by atoms with Gasteiger partial charge >= 0.3 is 6.09 Å². The second-order valence-electron chi connectivity index (χ2n) is 10.4. The molecule has 0 radical (unpaired) electrons. The summed E-state index contributed by atoms with van der Waals surface area (Å²) in [5, 5.41) is 3.89. The van der Waals surface area contributed by atoms with Crippen LogP contribution < -0.4 is 5.32 Å². The maximum absolute atomic E-state index is 13.0. The number of hydrogen-bond donors (Lipinski definition) is 1. The summed E-state index contributed by atoms with van der Waals surface area (Å²) in [4.78, 5) is 39.7. The standard InChI is InChI=1S/C26H25Cl5N2O4/c1-25(2,3)37-24(36)33-11-13(12-33)6-20(34)18-10-17(4-5-19(18)29)32-23(35)22-21(26(22,30)31)14-7-15(27)9-16(28)8-14/h4-5,7-10,13,21-22H,6,11-12H2,1-3H3,(H,32,35). The lowest BCUT2D eigenvalue weighted by molar-refractivity contribution is -0.117. The number of Topliss-reactive ketones (excluding diaryl/α,β-unsaturated/α-hetero) is 1. The van der Waals surface area contributed by atoms with Gasteiger partial charge in [0.15, 0.2) is 5.78 Å². The Hall–Kier alpha value is -1.70. The van der Waals surface area contributed by atoms with Crippen LogP contribution in [0.5, 0.6) is 0 Å². The summed E-state index contributed by atoms with van der Waals surface area (Å²) in [6, 6.07) is 9.61. The van der Waals surface area contributed by atoms with Gasteiger partial charge in [0.2, 0.25) is 5.91 Å². The van der Waals surface area contributed by atoms with Crippen LogP contribution in [0.2, 0.25) is 15.1 Å². The number of nitrogens with zero attached hydrogens (tertiary/aromatic N) is 1. The average molecular weight is 607 g/mol. The number of benzene rings is 2. The third-order valence-corrected chi connectivity index (χ3v) is 7.90. The number of ether oxygens (including phenoxy) is 1. The Balaban J connectivity index is 1.38. The molecule has 2 aromatic carbocycles. The van der Waals surface area contributed by atoms with Crippen LogP contribution in [0.15, 0.2) is 36.4 Å². The molecule has 1 saturated heterocycles. The number of likely N-dealkylation sites (tertiary alicyclic amines) is 1. The van der Waals surface area contributed by atoms with Crippen LogP contribution in [0.1, 0.15) is 49.0 Å². The lowest BCUT2D eigenvalue weighted by Gasteiger charge is -2.39. The molecule has 1 saturated carbocycles. The lowest BCUT2D eigenvalue weighted by Crippen LogP contribution is -2.52. The zero-order chi connectivity index (χ0) is 27.3. The fourth-order valence-corrected chi connectivity index (χ4v) is 6.00. The summed E-state index contributed by atoms with van der Waals surface area (Å²) in [7, 11) is 0. The van der Waals surface area contributed by atoms with Crippen molar-refractivity contribution < 1.29 is 19.1 Å². The van der Waals surface area contributed by atoms with Crippen LogP contribution in [0.3, 0.4) is 0 Å². The van der Waals surface area contributed by atoms with E-state index in [4.69, 9.17) is 62.7 Å². The first-order valence-corrected chi connectivity index (χ1v) is 13.5. The van der Waals surface area contributed by atoms with Gasteiger partial charge in [-0.2, -0.15) is 0 Å². The molecule has 11 heteroatoms. The summed E-state index contributed by atoms with van der Waals surface area (Å²) < 4.78 is 4.02. The molecule has 2 aliphatic rings. The normalized spacial score (nSPS) is 20.7. The maximum Gasteiger partial charge on any atom is 0.410 e. The van der Waals surface area contributed by atoms with E-state index in [2.05, 4.69) is 5.32 Å². The molecule has 2 aromatic rings. The number of ketones is 1. The SMILES string of the molecule is CC(C)(C)OC(=O)N1CC(CC(=O)c2cc(NC(=O)C3C(c4cc(Cl)cc(Cl)c4)C3(Cl)Cl)ccc2Cl)C1. The molecule has 2 unspecified atom stereocenters. The van der Waals surface area contributed by atoms with Crippen LogP contribution in [0.4, 0.5) is 10.5 Å². The molecule has 1 aliphatic heterocycles. The van der Waals surface area contributed by atoms with Gasteiger partial charge in [0.25, 0.3) is 0 Å². The van der Waals surface area contributed by atoms with E-state index in [1.807, 2.05) is 0 Å². The van der Waals surface area contributed by atoms with Gasteiger partial charge in [-0.25, -0.2) is 4.79 Å². The lowest BCUT2D eigenvalue weighted by atomic mass is 9.92. The highest BCUT2D eigenvalue weighted by molar-refractivity contribution is 6.53. The molecule has 0 bridgehead atoms. The second kappa shape index (κ2) is 10.5. The number of carbonyl (C=O) groups excluding carboxylic acids is 3. The fourth-order valence-electron chi connectivity index (χ4n) is 4.41. The third-order valence-electron chi connectivity index (χ3n) is 6.20. The highest BCUT2D eigenvalue weighted by Gasteiger charge is 2.67. The molecule has 198 valence electrons. The van der Waals surface area contributed by atoms with Gasteiger partial charge in [-0.3, -0.25) is 9.59 Å². The van der Waals surface area contributed by atoms with Crippen LogP contribution in [-0.2, 0) is 9.53 Å². The van der Waals surface area contributed by atoms with Gasteiger partial charge in [0, 0.05) is 52.6 Å². The molecule has 1 heterocycles. The molecule has 1 N–H and O–H groups in total. The molecule has 6 nitrogen and oxygen atoms in total. The van der Waals surface area contributed by atoms with Crippen molar-refractivity contribution in [3.8, 4) is 0 Å². The van der Waals surface area contributed by atoms with Crippen molar-refractivity contribution in [2.45, 2.75) is 43.0 Å². The molecule has 37 heavy (non-hydrogen) atoms. The molecule has 0 aromatic heterocycles. The minimum absolute atomic E-state index is 0.000752. The van der Waals surface area contributed by atoms with Crippen molar-refractivity contribution in [2.24, 2.45) is 11.8 Å². The number of amides is 2. The minimum atomic E-state index is -1.33. The molecular formula is C26H25Cl5N2O4. The highest BCUT2D eigenvalue weighted by atomic mass is 35.5. The molecule has 2 amide bonds. The van der Waals surface area contributed by atoms with E-state index in [0.717, 1.165) is 0 Å². The number of alkyl halides is 2. The van der Waals surface area contributed by atoms with E-state index in [0.29, 0.717) is 34.4 Å². The summed E-state index contributed by atoms with van der Waals surface area (Å²) in [5.41, 5.74) is 0.758. The van der Waals surface area contributed by atoms with Gasteiger partial charge in [0.05, 0.1) is 10.9 Å². The topological polar surface area (TPSA) is 75.7 Å². The molecule has 0 spiro atoms. The quantitative estimate of drug-likeness (QED) is 0.271. The summed E-state index contributed by atoms with van der Waals surface area (Å²) in [6.07, 6.45) is -0.185. The first-order chi connectivity index (χ1) is 17.2.